The Morgan fingerprint density at radius 2 is 1.44 bits per heavy atom. The molecule has 0 bridgehead atoms. The zero-order chi connectivity index (χ0) is 13.0. The lowest BCUT2D eigenvalue weighted by Crippen LogP contribution is -2.26. The lowest BCUT2D eigenvalue weighted by Gasteiger charge is -1.70. The summed E-state index contributed by atoms with van der Waals surface area (Å²) in [5, 5.41) is 3.08. The molecule has 1 aromatic carbocycles. The summed E-state index contributed by atoms with van der Waals surface area (Å²) < 4.78 is 3.97. The minimum absolute atomic E-state index is 0.380. The number of nitrogens with zero attached hydrogens (tertiary/aromatic N) is 1. The molecule has 0 unspecified atom stereocenters. The van der Waals surface area contributed by atoms with E-state index in [4.69, 9.17) is 0 Å². The summed E-state index contributed by atoms with van der Waals surface area (Å²) in [7, 11) is 0. The van der Waals surface area contributed by atoms with Crippen molar-refractivity contribution in [3.63, 3.8) is 0 Å². The van der Waals surface area contributed by atoms with Crippen LogP contribution < -0.4 is 16.6 Å². The highest BCUT2D eigenvalue weighted by Gasteiger charge is 1.89. The molecule has 0 spiro atoms. The minimum Gasteiger partial charge on any atom is -0.296 e. The van der Waals surface area contributed by atoms with Gasteiger partial charge in [-0.05, 0) is 12.1 Å². The molecule has 0 saturated heterocycles. The predicted octanol–water partition coefficient (Wildman–Crippen LogP) is 0.698. The van der Waals surface area contributed by atoms with Gasteiger partial charge in [-0.15, -0.1) is 0 Å². The Kier molecular flexibility index (Phi) is 11.4. The van der Waals surface area contributed by atoms with Crippen LogP contribution in [0.15, 0.2) is 37.4 Å². The van der Waals surface area contributed by atoms with Crippen molar-refractivity contribution in [3.8, 4) is 0 Å². The van der Waals surface area contributed by atoms with Gasteiger partial charge in [0.15, 0.2) is 0 Å². The second-order valence-electron chi connectivity index (χ2n) is 1.82. The van der Waals surface area contributed by atoms with Gasteiger partial charge in [-0.3, -0.25) is 19.1 Å². The van der Waals surface area contributed by atoms with Gasteiger partial charge in [0.25, 0.3) is 0 Å². The summed E-state index contributed by atoms with van der Waals surface area (Å²) >= 11 is 0. The predicted molar refractivity (Wildman–Crippen MR) is 61.2 cm³/mol. The molecule has 2 aromatic rings. The first-order valence-corrected chi connectivity index (χ1v) is 4.96. The zero-order valence-electron chi connectivity index (χ0n) is 9.81. The van der Waals surface area contributed by atoms with E-state index in [1.54, 1.807) is 0 Å². The molecule has 1 heterocycles. The molecule has 0 aliphatic carbocycles. The molecule has 0 aliphatic heterocycles. The fourth-order valence-electron chi connectivity index (χ4n) is 0.399. The molecular weight excluding hydrogens is 212 g/mol. The van der Waals surface area contributed by atoms with E-state index in [1.807, 2.05) is 27.7 Å². The summed E-state index contributed by atoms with van der Waals surface area (Å²) in [6.07, 6.45) is 1.18. The molecule has 6 nitrogen and oxygen atoms in total. The summed E-state index contributed by atoms with van der Waals surface area (Å²) in [4.78, 5) is 31.5. The SMILES string of the molecule is CC.CC.O=c1[nH]cno1.O=c1ccc1=O. The van der Waals surface area contributed by atoms with Crippen LogP contribution in [0.4, 0.5) is 0 Å². The number of hydrogen-bond donors (Lipinski definition) is 1. The molecule has 0 fully saturated rings. The average molecular weight is 228 g/mol. The van der Waals surface area contributed by atoms with Gasteiger partial charge in [-0.2, -0.15) is 0 Å². The summed E-state index contributed by atoms with van der Waals surface area (Å²) in [5.41, 5.74) is -0.759. The van der Waals surface area contributed by atoms with Gasteiger partial charge >= 0.3 is 5.76 Å². The fourth-order valence-corrected chi connectivity index (χ4v) is 0.399. The highest BCUT2D eigenvalue weighted by molar-refractivity contribution is 5.01. The van der Waals surface area contributed by atoms with Crippen LogP contribution >= 0.6 is 0 Å². The largest absolute Gasteiger partial charge is 0.438 e. The van der Waals surface area contributed by atoms with Crippen LogP contribution in [-0.4, -0.2) is 10.1 Å². The molecule has 2 rings (SSSR count). The highest BCUT2D eigenvalue weighted by Crippen LogP contribution is 1.54. The summed E-state index contributed by atoms with van der Waals surface area (Å²) in [6.45, 7) is 8.00. The van der Waals surface area contributed by atoms with E-state index in [2.05, 4.69) is 14.7 Å². The first-order valence-electron chi connectivity index (χ1n) is 4.96. The standard InChI is InChI=1S/C4H2O2.C2H2N2O2.2C2H6/c5-3-1-2-4(3)6;5-2-3-1-4-6-2;2*1-2/h1-2H;1H,(H,3,4,5);2*1-2H3. The van der Waals surface area contributed by atoms with E-state index in [-0.39, 0.29) is 10.9 Å². The van der Waals surface area contributed by atoms with Crippen molar-refractivity contribution in [3.05, 3.63) is 49.5 Å². The van der Waals surface area contributed by atoms with Crippen molar-refractivity contribution in [2.24, 2.45) is 0 Å². The van der Waals surface area contributed by atoms with Crippen molar-refractivity contribution in [1.82, 2.24) is 10.1 Å². The van der Waals surface area contributed by atoms with Gasteiger partial charge in [0.1, 0.15) is 6.33 Å². The second kappa shape index (κ2) is 11.1. The van der Waals surface area contributed by atoms with E-state index >= 15 is 0 Å². The lowest BCUT2D eigenvalue weighted by atomic mass is 10.3. The van der Waals surface area contributed by atoms with E-state index in [9.17, 15) is 14.4 Å². The number of rotatable bonds is 0. The minimum atomic E-state index is -0.519. The van der Waals surface area contributed by atoms with Crippen molar-refractivity contribution in [2.75, 3.05) is 0 Å². The Morgan fingerprint density at radius 3 is 1.50 bits per heavy atom. The molecule has 16 heavy (non-hydrogen) atoms. The molecule has 1 N–H and O–H groups in total. The topological polar surface area (TPSA) is 93.0 Å². The van der Waals surface area contributed by atoms with E-state index < -0.39 is 5.76 Å². The lowest BCUT2D eigenvalue weighted by molar-refractivity contribution is 0.386. The third kappa shape index (κ3) is 7.43. The smallest absolute Gasteiger partial charge is 0.296 e. The molecule has 0 atom stereocenters. The van der Waals surface area contributed by atoms with Crippen LogP contribution in [0, 0.1) is 0 Å². The van der Waals surface area contributed by atoms with Gasteiger partial charge in [0, 0.05) is 0 Å². The Hall–Kier alpha value is -1.98. The van der Waals surface area contributed by atoms with Crippen LogP contribution in [-0.2, 0) is 0 Å². The zero-order valence-corrected chi connectivity index (χ0v) is 9.81. The van der Waals surface area contributed by atoms with Crippen LogP contribution in [0.25, 0.3) is 0 Å². The number of H-pyrrole nitrogens is 1. The normalized spacial score (nSPS) is 7.50. The second-order valence-corrected chi connectivity index (χ2v) is 1.82. The van der Waals surface area contributed by atoms with Crippen LogP contribution in [0.3, 0.4) is 0 Å². The summed E-state index contributed by atoms with van der Waals surface area (Å²) in [5.74, 6) is -0.519. The van der Waals surface area contributed by atoms with Crippen molar-refractivity contribution < 1.29 is 4.52 Å². The number of hydrogen-bond acceptors (Lipinski definition) is 5. The third-order valence-electron chi connectivity index (χ3n) is 1.000. The van der Waals surface area contributed by atoms with Crippen molar-refractivity contribution in [2.45, 2.75) is 27.7 Å². The molecule has 0 saturated carbocycles. The Balaban J connectivity index is 0. The average Bonchev–Trinajstić information content (AvgIpc) is 2.84. The third-order valence-corrected chi connectivity index (χ3v) is 1.000. The van der Waals surface area contributed by atoms with Crippen LogP contribution in [0.5, 0.6) is 0 Å². The molecule has 0 radical (unpaired) electrons. The summed E-state index contributed by atoms with van der Waals surface area (Å²) in [6, 6.07) is 2.50. The maximum Gasteiger partial charge on any atom is 0.438 e. The van der Waals surface area contributed by atoms with E-state index in [0.717, 1.165) is 0 Å². The molecule has 6 heteroatoms. The van der Waals surface area contributed by atoms with Gasteiger partial charge < -0.3 is 0 Å². The van der Waals surface area contributed by atoms with E-state index in [1.165, 1.54) is 18.5 Å². The first kappa shape index (κ1) is 16.4. The highest BCUT2D eigenvalue weighted by atomic mass is 16.5. The Morgan fingerprint density at radius 1 is 1.00 bits per heavy atom. The maximum absolute atomic E-state index is 9.79. The number of nitrogens with one attached hydrogen (secondary N) is 1. The van der Waals surface area contributed by atoms with Gasteiger partial charge in [-0.25, -0.2) is 4.79 Å². The molecule has 1 aromatic heterocycles. The first-order chi connectivity index (χ1) is 7.70. The Bertz CT molecular complexity index is 422. The van der Waals surface area contributed by atoms with Gasteiger partial charge in [0.2, 0.25) is 10.9 Å². The molecular formula is C10H16N2O4. The van der Waals surface area contributed by atoms with Crippen molar-refractivity contribution in [1.29, 1.82) is 0 Å². The number of aromatic amines is 1. The fraction of sp³-hybridized carbons (Fsp3) is 0.400. The van der Waals surface area contributed by atoms with Gasteiger partial charge in [0.05, 0.1) is 0 Å². The quantitative estimate of drug-likeness (QED) is 0.670. The number of aromatic nitrogens is 2. The molecule has 90 valence electrons. The van der Waals surface area contributed by atoms with Crippen LogP contribution in [0.2, 0.25) is 0 Å². The monoisotopic (exact) mass is 228 g/mol. The maximum atomic E-state index is 9.79. The Labute approximate surface area is 92.6 Å². The van der Waals surface area contributed by atoms with Crippen LogP contribution in [0.1, 0.15) is 27.7 Å². The molecule has 0 aliphatic rings. The van der Waals surface area contributed by atoms with E-state index in [0.29, 0.717) is 0 Å². The van der Waals surface area contributed by atoms with Gasteiger partial charge in [-0.1, -0.05) is 32.9 Å². The van der Waals surface area contributed by atoms with Crippen molar-refractivity contribution >= 4 is 0 Å². The molecule has 0 amide bonds.